The normalized spacial score (nSPS) is 20.4. The van der Waals surface area contributed by atoms with Crippen LogP contribution in [-0.2, 0) is 23.8 Å². The van der Waals surface area contributed by atoms with E-state index in [1.54, 1.807) is 6.08 Å². The molecule has 1 aliphatic heterocycles. The molecule has 65 heavy (non-hydrogen) atoms. The molecule has 0 spiro atoms. The number of esters is 1. The van der Waals surface area contributed by atoms with Gasteiger partial charge in [0.2, 0.25) is 5.91 Å². The van der Waals surface area contributed by atoms with Gasteiger partial charge in [0, 0.05) is 12.8 Å². The number of allylic oxidation sites excluding steroid dienone is 11. The van der Waals surface area contributed by atoms with Gasteiger partial charge in [0.05, 0.1) is 32.0 Å². The average molecular weight is 916 g/mol. The Labute approximate surface area is 394 Å². The van der Waals surface area contributed by atoms with Gasteiger partial charge in [0.1, 0.15) is 24.4 Å². The summed E-state index contributed by atoms with van der Waals surface area (Å²) in [5.74, 6) is -0.334. The smallest absolute Gasteiger partial charge is 0.305 e. The lowest BCUT2D eigenvalue weighted by Gasteiger charge is -2.40. The number of hydrogen-bond acceptors (Lipinski definition) is 10. The van der Waals surface area contributed by atoms with Crippen molar-refractivity contribution in [1.29, 1.82) is 0 Å². The number of carbonyl (C=O) groups excluding carboxylic acids is 2. The number of rotatable bonds is 42. The standard InChI is InChI=1S/C54H93NO10/c1-3-5-7-9-11-13-14-15-16-19-22-26-30-34-38-42-50(59)63-43-39-35-31-27-23-20-17-18-21-25-29-33-37-41-49(58)55-46(47(57)40-36-32-28-24-12-10-8-6-4-2)45-64-54-53(62)52(61)51(60)48(44-56)65-54/h4,6,12,15-16,18,21,24,29,33,36,40,46-48,51-54,56-57,60-62H,3,5,7-11,13-14,17,19-20,22-23,25-28,30-32,34-35,37-39,41-45H2,1-2H3,(H,55,58)/b6-4+,16-15-,21-18-,24-12+,33-29-,40-36+. The zero-order chi connectivity index (χ0) is 47.4. The van der Waals surface area contributed by atoms with Crippen LogP contribution in [-0.4, -0.2) is 100 Å². The van der Waals surface area contributed by atoms with Crippen LogP contribution < -0.4 is 5.32 Å². The van der Waals surface area contributed by atoms with Crippen molar-refractivity contribution in [2.45, 2.75) is 236 Å². The van der Waals surface area contributed by atoms with Crippen molar-refractivity contribution < 1.29 is 49.3 Å². The minimum atomic E-state index is -1.60. The van der Waals surface area contributed by atoms with Crippen LogP contribution in [0.3, 0.4) is 0 Å². The van der Waals surface area contributed by atoms with E-state index in [9.17, 15) is 35.1 Å². The van der Waals surface area contributed by atoms with Gasteiger partial charge in [-0.3, -0.25) is 9.59 Å². The topological polar surface area (TPSA) is 175 Å². The fourth-order valence-electron chi connectivity index (χ4n) is 7.46. The Morgan fingerprint density at radius 1 is 0.600 bits per heavy atom. The molecule has 11 heteroatoms. The Hall–Kier alpha value is -2.90. The van der Waals surface area contributed by atoms with Crippen LogP contribution in [0.4, 0.5) is 0 Å². The van der Waals surface area contributed by atoms with Crippen molar-refractivity contribution in [2.24, 2.45) is 0 Å². The van der Waals surface area contributed by atoms with Gasteiger partial charge in [-0.2, -0.15) is 0 Å². The SMILES string of the molecule is C/C=C/CC/C=C/CC/C=C/C(O)C(COC1OC(CO)C(O)C(O)C1O)NC(=O)CC/C=C\C/C=C\CCCCCCCCOC(=O)CCCCCCC/C=C\CCCCCCCC. The average Bonchev–Trinajstić information content (AvgIpc) is 3.30. The van der Waals surface area contributed by atoms with Gasteiger partial charge < -0.3 is 45.1 Å². The van der Waals surface area contributed by atoms with E-state index in [4.69, 9.17) is 14.2 Å². The van der Waals surface area contributed by atoms with E-state index >= 15 is 0 Å². The second-order valence-electron chi connectivity index (χ2n) is 17.5. The summed E-state index contributed by atoms with van der Waals surface area (Å²) >= 11 is 0. The summed E-state index contributed by atoms with van der Waals surface area (Å²) in [7, 11) is 0. The first-order chi connectivity index (χ1) is 31.7. The fourth-order valence-corrected chi connectivity index (χ4v) is 7.46. The first-order valence-electron chi connectivity index (χ1n) is 25.7. The summed E-state index contributed by atoms with van der Waals surface area (Å²) in [6, 6.07) is -0.879. The lowest BCUT2D eigenvalue weighted by Crippen LogP contribution is -2.60. The van der Waals surface area contributed by atoms with Crippen molar-refractivity contribution in [3.05, 3.63) is 72.9 Å². The number of hydrogen-bond donors (Lipinski definition) is 6. The molecule has 7 atom stereocenters. The van der Waals surface area contributed by atoms with E-state index in [1.807, 2.05) is 31.2 Å². The molecule has 0 aromatic rings. The van der Waals surface area contributed by atoms with Crippen LogP contribution in [0.5, 0.6) is 0 Å². The van der Waals surface area contributed by atoms with E-state index in [0.717, 1.165) is 70.6 Å². The third-order valence-electron chi connectivity index (χ3n) is 11.6. The number of aliphatic hydroxyl groups is 5. The highest BCUT2D eigenvalue weighted by atomic mass is 16.7. The van der Waals surface area contributed by atoms with Crippen LogP contribution in [0.25, 0.3) is 0 Å². The molecule has 0 aromatic heterocycles. The van der Waals surface area contributed by atoms with Crippen LogP contribution >= 0.6 is 0 Å². The minimum absolute atomic E-state index is 0.0509. The third kappa shape index (κ3) is 34.1. The highest BCUT2D eigenvalue weighted by molar-refractivity contribution is 5.76. The number of carbonyl (C=O) groups is 2. The van der Waals surface area contributed by atoms with Crippen molar-refractivity contribution in [3.8, 4) is 0 Å². The molecule has 1 saturated heterocycles. The maximum atomic E-state index is 12.9. The molecule has 11 nitrogen and oxygen atoms in total. The van der Waals surface area contributed by atoms with E-state index in [0.29, 0.717) is 25.9 Å². The van der Waals surface area contributed by atoms with Crippen molar-refractivity contribution >= 4 is 11.9 Å². The highest BCUT2D eigenvalue weighted by Gasteiger charge is 2.44. The molecule has 0 saturated carbocycles. The summed E-state index contributed by atoms with van der Waals surface area (Å²) in [5.41, 5.74) is 0. The molecule has 7 unspecified atom stereocenters. The van der Waals surface area contributed by atoms with Crippen molar-refractivity contribution in [3.63, 3.8) is 0 Å². The molecule has 1 fully saturated rings. The molecule has 1 heterocycles. The second kappa shape index (κ2) is 43.7. The predicted octanol–water partition coefficient (Wildman–Crippen LogP) is 10.5. The van der Waals surface area contributed by atoms with Gasteiger partial charge in [-0.15, -0.1) is 0 Å². The molecular weight excluding hydrogens is 823 g/mol. The monoisotopic (exact) mass is 916 g/mol. The van der Waals surface area contributed by atoms with Crippen LogP contribution in [0.15, 0.2) is 72.9 Å². The Kier molecular flexibility index (Phi) is 40.4. The largest absolute Gasteiger partial charge is 0.466 e. The van der Waals surface area contributed by atoms with Crippen LogP contribution in [0.2, 0.25) is 0 Å². The maximum absolute atomic E-state index is 12.9. The zero-order valence-electron chi connectivity index (χ0n) is 40.7. The van der Waals surface area contributed by atoms with Gasteiger partial charge >= 0.3 is 5.97 Å². The quantitative estimate of drug-likeness (QED) is 0.0196. The molecule has 0 radical (unpaired) electrons. The van der Waals surface area contributed by atoms with Gasteiger partial charge in [-0.25, -0.2) is 0 Å². The number of amides is 1. The third-order valence-corrected chi connectivity index (χ3v) is 11.6. The molecule has 6 N–H and O–H groups in total. The zero-order valence-corrected chi connectivity index (χ0v) is 40.7. The summed E-state index contributed by atoms with van der Waals surface area (Å²) in [6.07, 6.45) is 46.0. The first kappa shape index (κ1) is 60.1. The van der Waals surface area contributed by atoms with Crippen LogP contribution in [0, 0.1) is 0 Å². The van der Waals surface area contributed by atoms with E-state index in [1.165, 1.54) is 83.5 Å². The number of ether oxygens (including phenoxy) is 3. The number of aliphatic hydroxyl groups excluding tert-OH is 5. The lowest BCUT2D eigenvalue weighted by atomic mass is 9.99. The summed E-state index contributed by atoms with van der Waals surface area (Å²) < 4.78 is 16.6. The Bertz CT molecular complexity index is 1310. The molecule has 1 amide bonds. The fraction of sp³-hybridized carbons (Fsp3) is 0.741. The molecule has 0 aliphatic carbocycles. The molecule has 1 rings (SSSR count). The van der Waals surface area contributed by atoms with Gasteiger partial charge in [-0.1, -0.05) is 157 Å². The highest BCUT2D eigenvalue weighted by Crippen LogP contribution is 2.22. The maximum Gasteiger partial charge on any atom is 0.305 e. The van der Waals surface area contributed by atoms with Gasteiger partial charge in [-0.05, 0) is 96.8 Å². The van der Waals surface area contributed by atoms with Gasteiger partial charge in [0.15, 0.2) is 6.29 Å². The number of nitrogens with one attached hydrogen (secondary N) is 1. The molecule has 0 aromatic carbocycles. The van der Waals surface area contributed by atoms with E-state index in [2.05, 4.69) is 54.8 Å². The molecule has 374 valence electrons. The van der Waals surface area contributed by atoms with Crippen molar-refractivity contribution in [2.75, 3.05) is 19.8 Å². The Morgan fingerprint density at radius 3 is 1.74 bits per heavy atom. The second-order valence-corrected chi connectivity index (χ2v) is 17.5. The van der Waals surface area contributed by atoms with Crippen molar-refractivity contribution in [1.82, 2.24) is 5.32 Å². The lowest BCUT2D eigenvalue weighted by molar-refractivity contribution is -0.302. The molecular formula is C54H93NO10. The summed E-state index contributed by atoms with van der Waals surface area (Å²) in [4.78, 5) is 25.0. The first-order valence-corrected chi connectivity index (χ1v) is 25.7. The van der Waals surface area contributed by atoms with E-state index < -0.39 is 49.5 Å². The van der Waals surface area contributed by atoms with Gasteiger partial charge in [0.25, 0.3) is 0 Å². The number of unbranched alkanes of at least 4 members (excludes halogenated alkanes) is 19. The summed E-state index contributed by atoms with van der Waals surface area (Å²) in [6.45, 7) is 3.95. The Balaban J connectivity index is 2.18. The predicted molar refractivity (Wildman–Crippen MR) is 264 cm³/mol. The minimum Gasteiger partial charge on any atom is -0.466 e. The molecule has 1 aliphatic rings. The van der Waals surface area contributed by atoms with Crippen LogP contribution in [0.1, 0.15) is 194 Å². The Morgan fingerprint density at radius 2 is 1.12 bits per heavy atom. The summed E-state index contributed by atoms with van der Waals surface area (Å²) in [5, 5.41) is 53.9. The molecule has 0 bridgehead atoms. The van der Waals surface area contributed by atoms with E-state index in [-0.39, 0.29) is 24.9 Å².